The molecule has 0 radical (unpaired) electrons. The van der Waals surface area contributed by atoms with Crippen LogP contribution in [0.4, 0.5) is 0 Å². The van der Waals surface area contributed by atoms with Crippen LogP contribution in [0.2, 0.25) is 0 Å². The third-order valence-electron chi connectivity index (χ3n) is 4.68. The van der Waals surface area contributed by atoms with Crippen molar-refractivity contribution in [1.82, 2.24) is 4.90 Å². The molecular formula is C23H31NO3. The number of amides is 1. The van der Waals surface area contributed by atoms with E-state index in [0.717, 1.165) is 44.1 Å². The third-order valence-corrected chi connectivity index (χ3v) is 4.68. The summed E-state index contributed by atoms with van der Waals surface area (Å²) in [4.78, 5) is 33.6. The van der Waals surface area contributed by atoms with Gasteiger partial charge < -0.3 is 14.5 Å². The van der Waals surface area contributed by atoms with Gasteiger partial charge in [0.1, 0.15) is 12.6 Å². The molecule has 4 heteroatoms. The maximum absolute atomic E-state index is 10.8. The highest BCUT2D eigenvalue weighted by molar-refractivity contribution is 5.84. The Morgan fingerprint density at radius 1 is 1.04 bits per heavy atom. The lowest BCUT2D eigenvalue weighted by molar-refractivity contribution is -0.131. The molecule has 1 aliphatic heterocycles. The SMILES string of the molecule is CC.CC(=O)N1CCC(C=O)CC1.CC(C=O)c1ccc2ccccc2c1. The number of fused-ring (bicyclic) bond motifs is 1. The fourth-order valence-corrected chi connectivity index (χ4v) is 2.92. The highest BCUT2D eigenvalue weighted by atomic mass is 16.2. The number of benzene rings is 2. The van der Waals surface area contributed by atoms with Crippen molar-refractivity contribution in [3.63, 3.8) is 0 Å². The number of hydrogen-bond acceptors (Lipinski definition) is 3. The minimum absolute atomic E-state index is 0.0143. The van der Waals surface area contributed by atoms with E-state index in [0.29, 0.717) is 0 Å². The molecule has 0 spiro atoms. The van der Waals surface area contributed by atoms with E-state index in [1.165, 1.54) is 10.8 Å². The van der Waals surface area contributed by atoms with Crippen LogP contribution in [0, 0.1) is 5.92 Å². The van der Waals surface area contributed by atoms with Crippen molar-refractivity contribution < 1.29 is 14.4 Å². The number of carbonyl (C=O) groups excluding carboxylic acids is 3. The summed E-state index contributed by atoms with van der Waals surface area (Å²) >= 11 is 0. The van der Waals surface area contributed by atoms with Crippen molar-refractivity contribution in [1.29, 1.82) is 0 Å². The average Bonchev–Trinajstić information content (AvgIpc) is 2.74. The number of likely N-dealkylation sites (tertiary alicyclic amines) is 1. The van der Waals surface area contributed by atoms with Crippen LogP contribution in [0.5, 0.6) is 0 Å². The summed E-state index contributed by atoms with van der Waals surface area (Å²) in [6.45, 7) is 8.98. The molecule has 0 aliphatic carbocycles. The van der Waals surface area contributed by atoms with Crippen LogP contribution in [0.25, 0.3) is 10.8 Å². The molecule has 146 valence electrons. The Kier molecular flexibility index (Phi) is 10.0. The monoisotopic (exact) mass is 369 g/mol. The molecule has 27 heavy (non-hydrogen) atoms. The quantitative estimate of drug-likeness (QED) is 0.742. The summed E-state index contributed by atoms with van der Waals surface area (Å²) in [7, 11) is 0. The lowest BCUT2D eigenvalue weighted by Crippen LogP contribution is -2.37. The maximum Gasteiger partial charge on any atom is 0.219 e. The minimum atomic E-state index is -0.0143. The molecule has 0 saturated carbocycles. The van der Waals surface area contributed by atoms with Crippen LogP contribution in [0.1, 0.15) is 52.0 Å². The average molecular weight is 370 g/mol. The second-order valence-electron chi connectivity index (χ2n) is 6.51. The normalized spacial score (nSPS) is 14.9. The molecule has 1 heterocycles. The molecular weight excluding hydrogens is 338 g/mol. The van der Waals surface area contributed by atoms with Crippen molar-refractivity contribution in [2.45, 2.75) is 46.5 Å². The van der Waals surface area contributed by atoms with Crippen molar-refractivity contribution in [3.8, 4) is 0 Å². The topological polar surface area (TPSA) is 54.5 Å². The van der Waals surface area contributed by atoms with E-state index in [4.69, 9.17) is 0 Å². The van der Waals surface area contributed by atoms with E-state index in [1.807, 2.05) is 39.0 Å². The molecule has 1 aliphatic rings. The Hall–Kier alpha value is -2.49. The summed E-state index contributed by atoms with van der Waals surface area (Å²) in [5, 5.41) is 2.41. The van der Waals surface area contributed by atoms with Crippen molar-refractivity contribution in [2.75, 3.05) is 13.1 Å². The summed E-state index contributed by atoms with van der Waals surface area (Å²) in [5.74, 6) is 0.291. The Morgan fingerprint density at radius 2 is 1.63 bits per heavy atom. The smallest absolute Gasteiger partial charge is 0.219 e. The van der Waals surface area contributed by atoms with Crippen molar-refractivity contribution in [2.24, 2.45) is 5.92 Å². The van der Waals surface area contributed by atoms with Gasteiger partial charge in [-0.25, -0.2) is 0 Å². The van der Waals surface area contributed by atoms with Gasteiger partial charge in [0, 0.05) is 31.8 Å². The highest BCUT2D eigenvalue weighted by Crippen LogP contribution is 2.20. The number of hydrogen-bond donors (Lipinski definition) is 0. The Bertz CT molecular complexity index is 733. The van der Waals surface area contributed by atoms with Gasteiger partial charge in [0.05, 0.1) is 0 Å². The zero-order chi connectivity index (χ0) is 20.2. The fourth-order valence-electron chi connectivity index (χ4n) is 2.92. The van der Waals surface area contributed by atoms with Gasteiger partial charge in [-0.1, -0.05) is 63.2 Å². The van der Waals surface area contributed by atoms with Crippen LogP contribution in [-0.2, 0) is 14.4 Å². The second-order valence-corrected chi connectivity index (χ2v) is 6.51. The first kappa shape index (κ1) is 22.6. The lowest BCUT2D eigenvalue weighted by Gasteiger charge is -2.28. The van der Waals surface area contributed by atoms with Gasteiger partial charge in [0.15, 0.2) is 0 Å². The molecule has 0 N–H and O–H groups in total. The molecule has 1 amide bonds. The van der Waals surface area contributed by atoms with Crippen LogP contribution in [-0.4, -0.2) is 36.5 Å². The Morgan fingerprint density at radius 3 is 2.15 bits per heavy atom. The minimum Gasteiger partial charge on any atom is -0.343 e. The molecule has 0 bridgehead atoms. The van der Waals surface area contributed by atoms with E-state index in [9.17, 15) is 14.4 Å². The van der Waals surface area contributed by atoms with Gasteiger partial charge >= 0.3 is 0 Å². The van der Waals surface area contributed by atoms with E-state index in [2.05, 4.69) is 24.3 Å². The van der Waals surface area contributed by atoms with Crippen LogP contribution >= 0.6 is 0 Å². The maximum atomic E-state index is 10.8. The molecule has 1 unspecified atom stereocenters. The summed E-state index contributed by atoms with van der Waals surface area (Å²) in [6.07, 6.45) is 3.65. The lowest BCUT2D eigenvalue weighted by atomic mass is 9.99. The number of rotatable bonds is 3. The first-order chi connectivity index (χ1) is 13.0. The van der Waals surface area contributed by atoms with Gasteiger partial charge in [-0.2, -0.15) is 0 Å². The van der Waals surface area contributed by atoms with E-state index >= 15 is 0 Å². The number of aldehydes is 2. The van der Waals surface area contributed by atoms with Gasteiger partial charge in [-0.05, 0) is 29.2 Å². The highest BCUT2D eigenvalue weighted by Gasteiger charge is 2.19. The zero-order valence-corrected chi connectivity index (χ0v) is 16.9. The summed E-state index contributed by atoms with van der Waals surface area (Å²) in [6, 6.07) is 14.3. The first-order valence-corrected chi connectivity index (χ1v) is 9.70. The molecule has 2 aromatic rings. The molecule has 1 fully saturated rings. The second kappa shape index (κ2) is 12.0. The van der Waals surface area contributed by atoms with E-state index in [1.54, 1.807) is 11.8 Å². The van der Waals surface area contributed by atoms with Crippen LogP contribution < -0.4 is 0 Å². The molecule has 1 atom stereocenters. The molecule has 4 nitrogen and oxygen atoms in total. The third kappa shape index (κ3) is 6.97. The molecule has 3 rings (SSSR count). The van der Waals surface area contributed by atoms with Crippen LogP contribution in [0.15, 0.2) is 42.5 Å². The van der Waals surface area contributed by atoms with E-state index < -0.39 is 0 Å². The predicted molar refractivity (Wildman–Crippen MR) is 111 cm³/mol. The zero-order valence-electron chi connectivity index (χ0n) is 16.9. The number of nitrogens with zero attached hydrogens (tertiary/aromatic N) is 1. The summed E-state index contributed by atoms with van der Waals surface area (Å²) < 4.78 is 0. The van der Waals surface area contributed by atoms with Crippen molar-refractivity contribution >= 4 is 29.3 Å². The first-order valence-electron chi connectivity index (χ1n) is 9.70. The largest absolute Gasteiger partial charge is 0.343 e. The molecule has 0 aromatic heterocycles. The molecule has 1 saturated heterocycles. The standard InChI is InChI=1S/C13H12O.C8H13NO2.C2H6/c1-10(9-14)12-7-6-11-4-2-3-5-13(11)8-12;1-7(11)9-4-2-8(6-10)3-5-9;1-2/h2-10H,1H3;6,8H,2-5H2,1H3;1-2H3. The summed E-state index contributed by atoms with van der Waals surface area (Å²) in [5.41, 5.74) is 1.08. The molecule has 2 aromatic carbocycles. The Balaban J connectivity index is 0.000000254. The predicted octanol–water partition coefficient (Wildman–Crippen LogP) is 4.61. The van der Waals surface area contributed by atoms with Gasteiger partial charge in [-0.3, -0.25) is 4.79 Å². The van der Waals surface area contributed by atoms with Crippen molar-refractivity contribution in [3.05, 3.63) is 48.0 Å². The van der Waals surface area contributed by atoms with Crippen LogP contribution in [0.3, 0.4) is 0 Å². The fraction of sp³-hybridized carbons (Fsp3) is 0.435. The van der Waals surface area contributed by atoms with E-state index in [-0.39, 0.29) is 17.7 Å². The van der Waals surface area contributed by atoms with Gasteiger partial charge in [-0.15, -0.1) is 0 Å². The number of carbonyl (C=O) groups is 3. The van der Waals surface area contributed by atoms with Gasteiger partial charge in [0.25, 0.3) is 0 Å². The van der Waals surface area contributed by atoms with Gasteiger partial charge in [0.2, 0.25) is 5.91 Å². The number of piperidine rings is 1. The Labute approximate surface area is 162 Å².